The highest BCUT2D eigenvalue weighted by molar-refractivity contribution is 5.89. The Labute approximate surface area is 121 Å². The summed E-state index contributed by atoms with van der Waals surface area (Å²) >= 11 is 0. The zero-order valence-electron chi connectivity index (χ0n) is 12.6. The normalized spacial score (nSPS) is 11.2. The Hall–Kier alpha value is -1.77. The van der Waals surface area contributed by atoms with Gasteiger partial charge < -0.3 is 9.88 Å². The maximum absolute atomic E-state index is 10.6. The molecule has 0 atom stereocenters. The molecule has 1 aromatic carbocycles. The van der Waals surface area contributed by atoms with Gasteiger partial charge in [-0.25, -0.2) is 0 Å². The van der Waals surface area contributed by atoms with Crippen LogP contribution < -0.4 is 5.32 Å². The number of aryl methyl sites for hydroxylation is 1. The van der Waals surface area contributed by atoms with Gasteiger partial charge in [0.2, 0.25) is 6.41 Å². The number of nitrogens with zero attached hydrogens (tertiary/aromatic N) is 1. The molecule has 1 heterocycles. The number of aromatic nitrogens is 1. The fraction of sp³-hybridized carbons (Fsp3) is 0.471. The first-order valence-electron chi connectivity index (χ1n) is 7.50. The van der Waals surface area contributed by atoms with Crippen LogP contribution >= 0.6 is 0 Å². The molecule has 0 spiro atoms. The predicted octanol–water partition coefficient (Wildman–Crippen LogP) is 4.43. The molecule has 0 bridgehead atoms. The maximum Gasteiger partial charge on any atom is 0.211 e. The second-order valence-electron chi connectivity index (χ2n) is 5.46. The van der Waals surface area contributed by atoms with Crippen LogP contribution in [0.2, 0.25) is 0 Å². The monoisotopic (exact) mass is 272 g/mol. The molecule has 3 heteroatoms. The lowest BCUT2D eigenvalue weighted by Crippen LogP contribution is -1.98. The van der Waals surface area contributed by atoms with Gasteiger partial charge in [0.15, 0.2) is 0 Å². The van der Waals surface area contributed by atoms with Crippen molar-refractivity contribution >= 4 is 23.0 Å². The zero-order chi connectivity index (χ0) is 14.5. The number of carbonyl (C=O) groups is 1. The van der Waals surface area contributed by atoms with E-state index in [1.54, 1.807) is 0 Å². The fourth-order valence-electron chi connectivity index (χ4n) is 3.06. The van der Waals surface area contributed by atoms with Crippen molar-refractivity contribution in [1.82, 2.24) is 4.57 Å². The summed E-state index contributed by atoms with van der Waals surface area (Å²) < 4.78 is 2.19. The standard InChI is InChI=1S/C17H24N2O/c1-4-6-13(7-5-2)16-11-19(3)17-9-8-14(18-12-20)10-15(16)17/h8-13H,4-7H2,1-3H3,(H,18,20). The quantitative estimate of drug-likeness (QED) is 0.743. The van der Waals surface area contributed by atoms with Crippen LogP contribution in [0.1, 0.15) is 51.0 Å². The number of hydrogen-bond donors (Lipinski definition) is 1. The fourth-order valence-corrected chi connectivity index (χ4v) is 3.06. The van der Waals surface area contributed by atoms with Gasteiger partial charge in [-0.15, -0.1) is 0 Å². The zero-order valence-corrected chi connectivity index (χ0v) is 12.6. The first kappa shape index (κ1) is 14.6. The Kier molecular flexibility index (Phi) is 4.83. The lowest BCUT2D eigenvalue weighted by molar-refractivity contribution is -0.105. The smallest absolute Gasteiger partial charge is 0.211 e. The van der Waals surface area contributed by atoms with Crippen molar-refractivity contribution in [2.45, 2.75) is 45.4 Å². The SMILES string of the molecule is CCCC(CCC)c1cn(C)c2ccc(NC=O)cc12. The molecule has 108 valence electrons. The van der Waals surface area contributed by atoms with Gasteiger partial charge in [0.05, 0.1) is 0 Å². The van der Waals surface area contributed by atoms with Crippen LogP contribution in [0.3, 0.4) is 0 Å². The highest BCUT2D eigenvalue weighted by Crippen LogP contribution is 2.34. The molecule has 2 aromatic rings. The van der Waals surface area contributed by atoms with Gasteiger partial charge in [-0.2, -0.15) is 0 Å². The summed E-state index contributed by atoms with van der Waals surface area (Å²) in [5, 5.41) is 4.02. The van der Waals surface area contributed by atoms with Crippen LogP contribution in [-0.2, 0) is 11.8 Å². The summed E-state index contributed by atoms with van der Waals surface area (Å²) in [6.45, 7) is 4.49. The van der Waals surface area contributed by atoms with Crippen molar-refractivity contribution < 1.29 is 4.79 Å². The third-order valence-corrected chi connectivity index (χ3v) is 3.96. The Morgan fingerprint density at radius 1 is 1.25 bits per heavy atom. The molecule has 0 aliphatic carbocycles. The van der Waals surface area contributed by atoms with Gasteiger partial charge in [-0.05, 0) is 42.5 Å². The van der Waals surface area contributed by atoms with Gasteiger partial charge in [0.1, 0.15) is 0 Å². The number of nitrogens with one attached hydrogen (secondary N) is 1. The summed E-state index contributed by atoms with van der Waals surface area (Å²) in [4.78, 5) is 10.6. The predicted molar refractivity (Wildman–Crippen MR) is 85.2 cm³/mol. The Balaban J connectivity index is 2.49. The molecule has 0 aliphatic heterocycles. The molecule has 0 saturated heterocycles. The summed E-state index contributed by atoms with van der Waals surface area (Å²) in [6.07, 6.45) is 7.84. The minimum absolute atomic E-state index is 0.611. The van der Waals surface area contributed by atoms with Gasteiger partial charge in [-0.1, -0.05) is 26.7 Å². The first-order valence-corrected chi connectivity index (χ1v) is 7.50. The van der Waals surface area contributed by atoms with Crippen molar-refractivity contribution in [2.24, 2.45) is 7.05 Å². The van der Waals surface area contributed by atoms with Crippen LogP contribution in [0.5, 0.6) is 0 Å². The number of benzene rings is 1. The lowest BCUT2D eigenvalue weighted by Gasteiger charge is -2.14. The van der Waals surface area contributed by atoms with Crippen LogP contribution in [0.15, 0.2) is 24.4 Å². The molecular weight excluding hydrogens is 248 g/mol. The van der Waals surface area contributed by atoms with Crippen LogP contribution in [0, 0.1) is 0 Å². The number of hydrogen-bond acceptors (Lipinski definition) is 1. The van der Waals surface area contributed by atoms with Gasteiger partial charge in [-0.3, -0.25) is 4.79 Å². The third kappa shape index (κ3) is 2.87. The van der Waals surface area contributed by atoms with Crippen LogP contribution in [0.25, 0.3) is 10.9 Å². The summed E-state index contributed by atoms with van der Waals surface area (Å²) in [6, 6.07) is 6.13. The molecule has 2 rings (SSSR count). The van der Waals surface area contributed by atoms with E-state index in [1.165, 1.54) is 42.1 Å². The molecular formula is C17H24N2O. The average Bonchev–Trinajstić information content (AvgIpc) is 2.76. The van der Waals surface area contributed by atoms with E-state index in [1.807, 2.05) is 6.07 Å². The molecule has 0 fully saturated rings. The van der Waals surface area contributed by atoms with E-state index in [2.05, 4.69) is 49.1 Å². The third-order valence-electron chi connectivity index (χ3n) is 3.96. The Morgan fingerprint density at radius 3 is 2.55 bits per heavy atom. The molecule has 1 amide bonds. The molecule has 0 radical (unpaired) electrons. The van der Waals surface area contributed by atoms with Crippen molar-refractivity contribution in [3.63, 3.8) is 0 Å². The molecule has 1 aromatic heterocycles. The molecule has 0 saturated carbocycles. The van der Waals surface area contributed by atoms with Gasteiger partial charge >= 0.3 is 0 Å². The van der Waals surface area contributed by atoms with E-state index in [0.29, 0.717) is 5.92 Å². The number of amides is 1. The first-order chi connectivity index (χ1) is 9.71. The van der Waals surface area contributed by atoms with E-state index < -0.39 is 0 Å². The van der Waals surface area contributed by atoms with E-state index in [9.17, 15) is 4.79 Å². The molecule has 0 aliphatic rings. The van der Waals surface area contributed by atoms with Gasteiger partial charge in [0, 0.05) is 29.8 Å². The summed E-state index contributed by atoms with van der Waals surface area (Å²) in [5.74, 6) is 0.611. The summed E-state index contributed by atoms with van der Waals surface area (Å²) in [7, 11) is 2.09. The molecule has 0 unspecified atom stereocenters. The second kappa shape index (κ2) is 6.60. The van der Waals surface area contributed by atoms with Crippen LogP contribution in [-0.4, -0.2) is 11.0 Å². The highest BCUT2D eigenvalue weighted by Gasteiger charge is 2.16. The van der Waals surface area contributed by atoms with Crippen LogP contribution in [0.4, 0.5) is 5.69 Å². The van der Waals surface area contributed by atoms with Crippen molar-refractivity contribution in [3.05, 3.63) is 30.0 Å². The number of carbonyl (C=O) groups excluding carboxylic acids is 1. The number of rotatable bonds is 7. The maximum atomic E-state index is 10.6. The lowest BCUT2D eigenvalue weighted by atomic mass is 9.90. The Bertz CT molecular complexity index is 580. The number of anilines is 1. The summed E-state index contributed by atoms with van der Waals surface area (Å²) in [5.41, 5.74) is 3.51. The molecule has 20 heavy (non-hydrogen) atoms. The average molecular weight is 272 g/mol. The van der Waals surface area contributed by atoms with E-state index in [4.69, 9.17) is 0 Å². The number of fused-ring (bicyclic) bond motifs is 1. The topological polar surface area (TPSA) is 34.0 Å². The second-order valence-corrected chi connectivity index (χ2v) is 5.46. The van der Waals surface area contributed by atoms with Crippen molar-refractivity contribution in [3.8, 4) is 0 Å². The molecule has 1 N–H and O–H groups in total. The highest BCUT2D eigenvalue weighted by atomic mass is 16.1. The largest absolute Gasteiger partial charge is 0.350 e. The van der Waals surface area contributed by atoms with E-state index in [0.717, 1.165) is 12.1 Å². The minimum atomic E-state index is 0.611. The van der Waals surface area contributed by atoms with E-state index in [-0.39, 0.29) is 0 Å². The Morgan fingerprint density at radius 2 is 1.95 bits per heavy atom. The minimum Gasteiger partial charge on any atom is -0.350 e. The van der Waals surface area contributed by atoms with Gasteiger partial charge in [0.25, 0.3) is 0 Å². The molecule has 3 nitrogen and oxygen atoms in total. The van der Waals surface area contributed by atoms with Crippen molar-refractivity contribution in [1.29, 1.82) is 0 Å². The van der Waals surface area contributed by atoms with E-state index >= 15 is 0 Å². The van der Waals surface area contributed by atoms with Crippen molar-refractivity contribution in [2.75, 3.05) is 5.32 Å².